The van der Waals surface area contributed by atoms with Crippen LogP contribution < -0.4 is 5.73 Å². The molecule has 0 amide bonds. The fourth-order valence-corrected chi connectivity index (χ4v) is 1.00. The number of nitrogens with two attached hydrogens (primary N) is 1. The van der Waals surface area contributed by atoms with Gasteiger partial charge in [0.05, 0.1) is 12.4 Å². The Morgan fingerprint density at radius 1 is 1.80 bits per heavy atom. The molecule has 0 bridgehead atoms. The lowest BCUT2D eigenvalue weighted by molar-refractivity contribution is 0.187. The molecule has 0 saturated carbocycles. The van der Waals surface area contributed by atoms with E-state index in [4.69, 9.17) is 10.5 Å². The molecule has 1 unspecified atom stereocenters. The van der Waals surface area contributed by atoms with Crippen LogP contribution in [0, 0.1) is 5.92 Å². The Bertz CT molecular complexity index is 124. The molecule has 10 heavy (non-hydrogen) atoms. The van der Waals surface area contributed by atoms with Gasteiger partial charge in [0, 0.05) is 19.1 Å². The van der Waals surface area contributed by atoms with Crippen LogP contribution in [0.15, 0.2) is 4.99 Å². The Morgan fingerprint density at radius 3 is 3.10 bits per heavy atom. The quantitative estimate of drug-likeness (QED) is 0.448. The van der Waals surface area contributed by atoms with Crippen molar-refractivity contribution >= 4 is 5.84 Å². The van der Waals surface area contributed by atoms with E-state index < -0.39 is 0 Å². The van der Waals surface area contributed by atoms with Crippen molar-refractivity contribution in [1.29, 1.82) is 0 Å². The SMILES string of the molecule is CC(N)=NCC1CCOC1. The lowest BCUT2D eigenvalue weighted by Gasteiger charge is -2.01. The number of amidine groups is 1. The predicted octanol–water partition coefficient (Wildman–Crippen LogP) is 0.400. The highest BCUT2D eigenvalue weighted by atomic mass is 16.5. The van der Waals surface area contributed by atoms with Crippen LogP contribution in [0.3, 0.4) is 0 Å². The van der Waals surface area contributed by atoms with E-state index in [9.17, 15) is 0 Å². The second-order valence-electron chi connectivity index (χ2n) is 2.71. The van der Waals surface area contributed by atoms with Crippen molar-refractivity contribution < 1.29 is 4.74 Å². The van der Waals surface area contributed by atoms with E-state index >= 15 is 0 Å². The van der Waals surface area contributed by atoms with E-state index in [0.29, 0.717) is 11.8 Å². The van der Waals surface area contributed by atoms with Crippen molar-refractivity contribution in [2.75, 3.05) is 19.8 Å². The number of nitrogens with zero attached hydrogens (tertiary/aromatic N) is 1. The van der Waals surface area contributed by atoms with E-state index in [-0.39, 0.29) is 0 Å². The van der Waals surface area contributed by atoms with Crippen LogP contribution in [0.1, 0.15) is 13.3 Å². The minimum atomic E-state index is 0.610. The van der Waals surface area contributed by atoms with Gasteiger partial charge >= 0.3 is 0 Å². The molecular formula is C7H14N2O. The monoisotopic (exact) mass is 142 g/mol. The van der Waals surface area contributed by atoms with E-state index in [2.05, 4.69) is 4.99 Å². The molecule has 1 heterocycles. The van der Waals surface area contributed by atoms with Gasteiger partial charge in [-0.25, -0.2) is 0 Å². The van der Waals surface area contributed by atoms with Crippen LogP contribution in [0.25, 0.3) is 0 Å². The standard InChI is InChI=1S/C7H14N2O/c1-6(8)9-4-7-2-3-10-5-7/h7H,2-5H2,1H3,(H2,8,9). The third kappa shape index (κ3) is 2.35. The number of hydrogen-bond acceptors (Lipinski definition) is 2. The Balaban J connectivity index is 2.18. The Hall–Kier alpha value is -0.570. The Morgan fingerprint density at radius 2 is 2.60 bits per heavy atom. The zero-order valence-electron chi connectivity index (χ0n) is 6.34. The first-order valence-electron chi connectivity index (χ1n) is 3.63. The number of ether oxygens (including phenoxy) is 1. The molecule has 3 nitrogen and oxygen atoms in total. The fourth-order valence-electron chi connectivity index (χ4n) is 1.00. The number of hydrogen-bond donors (Lipinski definition) is 1. The van der Waals surface area contributed by atoms with Gasteiger partial charge in [0.15, 0.2) is 0 Å². The topological polar surface area (TPSA) is 47.6 Å². The normalized spacial score (nSPS) is 27.3. The number of rotatable bonds is 2. The van der Waals surface area contributed by atoms with Gasteiger partial charge in [0.2, 0.25) is 0 Å². The zero-order valence-corrected chi connectivity index (χ0v) is 6.34. The van der Waals surface area contributed by atoms with Crippen LogP contribution in [0.4, 0.5) is 0 Å². The first-order chi connectivity index (χ1) is 4.79. The highest BCUT2D eigenvalue weighted by Crippen LogP contribution is 2.11. The van der Waals surface area contributed by atoms with Crippen LogP contribution in [0.2, 0.25) is 0 Å². The summed E-state index contributed by atoms with van der Waals surface area (Å²) in [6.45, 7) is 4.40. The Kier molecular flexibility index (Phi) is 2.68. The molecule has 2 N–H and O–H groups in total. The first kappa shape index (κ1) is 7.54. The molecule has 0 aromatic heterocycles. The summed E-state index contributed by atoms with van der Waals surface area (Å²) < 4.78 is 5.18. The molecule has 0 aliphatic carbocycles. The van der Waals surface area contributed by atoms with Gasteiger partial charge in [0.1, 0.15) is 0 Å². The lowest BCUT2D eigenvalue weighted by atomic mass is 10.1. The van der Waals surface area contributed by atoms with E-state index in [1.165, 1.54) is 0 Å². The summed E-state index contributed by atoms with van der Waals surface area (Å²) in [5.41, 5.74) is 5.38. The summed E-state index contributed by atoms with van der Waals surface area (Å²) in [6.07, 6.45) is 1.14. The molecule has 1 rings (SSSR count). The van der Waals surface area contributed by atoms with Gasteiger partial charge in [-0.05, 0) is 13.3 Å². The second-order valence-corrected chi connectivity index (χ2v) is 2.71. The molecular weight excluding hydrogens is 128 g/mol. The van der Waals surface area contributed by atoms with Crippen molar-refractivity contribution in [2.24, 2.45) is 16.6 Å². The van der Waals surface area contributed by atoms with E-state index in [0.717, 1.165) is 26.2 Å². The molecule has 0 aromatic rings. The molecule has 1 saturated heterocycles. The van der Waals surface area contributed by atoms with E-state index in [1.54, 1.807) is 0 Å². The minimum absolute atomic E-state index is 0.610. The van der Waals surface area contributed by atoms with E-state index in [1.807, 2.05) is 6.92 Å². The highest BCUT2D eigenvalue weighted by molar-refractivity contribution is 5.77. The van der Waals surface area contributed by atoms with Crippen molar-refractivity contribution in [3.63, 3.8) is 0 Å². The summed E-state index contributed by atoms with van der Waals surface area (Å²) in [5.74, 6) is 1.28. The van der Waals surface area contributed by atoms with Gasteiger partial charge in [-0.15, -0.1) is 0 Å². The van der Waals surface area contributed by atoms with Crippen LogP contribution in [-0.2, 0) is 4.74 Å². The summed E-state index contributed by atoms with van der Waals surface area (Å²) in [6, 6.07) is 0. The summed E-state index contributed by atoms with van der Waals surface area (Å²) >= 11 is 0. The maximum atomic E-state index is 5.38. The number of aliphatic imine (C=N–C) groups is 1. The molecule has 1 aliphatic rings. The smallest absolute Gasteiger partial charge is 0.0905 e. The molecule has 1 fully saturated rings. The third-order valence-electron chi connectivity index (χ3n) is 1.62. The Labute approximate surface area is 61.3 Å². The summed E-state index contributed by atoms with van der Waals surface area (Å²) in [5, 5.41) is 0. The van der Waals surface area contributed by atoms with Gasteiger partial charge in [0.25, 0.3) is 0 Å². The molecule has 1 atom stereocenters. The maximum Gasteiger partial charge on any atom is 0.0905 e. The predicted molar refractivity (Wildman–Crippen MR) is 41.1 cm³/mol. The van der Waals surface area contributed by atoms with Crippen molar-refractivity contribution in [3.8, 4) is 0 Å². The first-order valence-corrected chi connectivity index (χ1v) is 3.63. The third-order valence-corrected chi connectivity index (χ3v) is 1.62. The fraction of sp³-hybridized carbons (Fsp3) is 0.857. The zero-order chi connectivity index (χ0) is 7.40. The molecule has 1 aliphatic heterocycles. The second kappa shape index (κ2) is 3.56. The van der Waals surface area contributed by atoms with Crippen LogP contribution in [0.5, 0.6) is 0 Å². The molecule has 0 radical (unpaired) electrons. The van der Waals surface area contributed by atoms with Gasteiger partial charge in [-0.3, -0.25) is 4.99 Å². The maximum absolute atomic E-state index is 5.38. The van der Waals surface area contributed by atoms with Crippen molar-refractivity contribution in [2.45, 2.75) is 13.3 Å². The summed E-state index contributed by atoms with van der Waals surface area (Å²) in [4.78, 5) is 4.12. The molecule has 3 heteroatoms. The summed E-state index contributed by atoms with van der Waals surface area (Å²) in [7, 11) is 0. The van der Waals surface area contributed by atoms with Gasteiger partial charge < -0.3 is 10.5 Å². The van der Waals surface area contributed by atoms with Crippen molar-refractivity contribution in [3.05, 3.63) is 0 Å². The van der Waals surface area contributed by atoms with Crippen molar-refractivity contribution in [1.82, 2.24) is 0 Å². The molecule has 58 valence electrons. The van der Waals surface area contributed by atoms with Crippen LogP contribution >= 0.6 is 0 Å². The largest absolute Gasteiger partial charge is 0.388 e. The average Bonchev–Trinajstić information content (AvgIpc) is 2.34. The van der Waals surface area contributed by atoms with Gasteiger partial charge in [-0.1, -0.05) is 0 Å². The van der Waals surface area contributed by atoms with Crippen LogP contribution in [-0.4, -0.2) is 25.6 Å². The lowest BCUT2D eigenvalue weighted by Crippen LogP contribution is -2.10. The molecule has 0 aromatic carbocycles. The minimum Gasteiger partial charge on any atom is -0.388 e. The highest BCUT2D eigenvalue weighted by Gasteiger charge is 2.14. The molecule has 0 spiro atoms. The van der Waals surface area contributed by atoms with Gasteiger partial charge in [-0.2, -0.15) is 0 Å². The average molecular weight is 142 g/mol.